The number of methoxy groups -OCH3 is 1. The number of hydrogen-bond acceptors (Lipinski definition) is 3. The Balaban J connectivity index is 2.24. The molecule has 0 aliphatic rings. The molecule has 3 rings (SSSR count). The third-order valence-electron chi connectivity index (χ3n) is 4.39. The van der Waals surface area contributed by atoms with Crippen molar-refractivity contribution >= 4 is 11.6 Å². The second-order valence-corrected chi connectivity index (χ2v) is 6.76. The molecule has 0 amide bonds. The summed E-state index contributed by atoms with van der Waals surface area (Å²) in [4.78, 5) is 15.9. The standard InChI is InChI=1S/C20H13ClF6N2O2/c1-31-15-10-29(9-11-5-2-3-7-13(11)19(22,23)24)17(28-18(15)30)12-6-4-8-14(16(12)21)20(25,26)27/h2-8,10H,9H2,1H3. The molecule has 31 heavy (non-hydrogen) atoms. The van der Waals surface area contributed by atoms with Crippen LogP contribution < -0.4 is 10.3 Å². The van der Waals surface area contributed by atoms with Gasteiger partial charge in [0.1, 0.15) is 5.82 Å². The molecule has 0 bridgehead atoms. The van der Waals surface area contributed by atoms with Gasteiger partial charge in [-0.15, -0.1) is 0 Å². The molecule has 1 aromatic heterocycles. The monoisotopic (exact) mass is 462 g/mol. The van der Waals surface area contributed by atoms with Crippen LogP contribution in [0, 0.1) is 0 Å². The van der Waals surface area contributed by atoms with E-state index in [2.05, 4.69) is 4.98 Å². The molecule has 2 aromatic carbocycles. The first-order valence-electron chi connectivity index (χ1n) is 8.60. The molecule has 0 atom stereocenters. The van der Waals surface area contributed by atoms with Gasteiger partial charge in [0, 0.05) is 12.1 Å². The fourth-order valence-corrected chi connectivity index (χ4v) is 3.31. The average Bonchev–Trinajstić information content (AvgIpc) is 2.68. The predicted molar refractivity (Wildman–Crippen MR) is 101 cm³/mol. The highest BCUT2D eigenvalue weighted by Gasteiger charge is 2.35. The van der Waals surface area contributed by atoms with Gasteiger partial charge in [0.2, 0.25) is 5.75 Å². The quantitative estimate of drug-likeness (QED) is 0.470. The fourth-order valence-electron chi connectivity index (χ4n) is 2.99. The maximum absolute atomic E-state index is 13.4. The summed E-state index contributed by atoms with van der Waals surface area (Å²) in [6.45, 7) is -0.457. The lowest BCUT2D eigenvalue weighted by Crippen LogP contribution is -2.19. The molecule has 11 heteroatoms. The fraction of sp³-hybridized carbons (Fsp3) is 0.200. The zero-order valence-corrected chi connectivity index (χ0v) is 16.4. The van der Waals surface area contributed by atoms with Gasteiger partial charge in [0.25, 0.3) is 0 Å². The van der Waals surface area contributed by atoms with Crippen molar-refractivity contribution in [2.45, 2.75) is 18.9 Å². The summed E-state index contributed by atoms with van der Waals surface area (Å²) in [6.07, 6.45) is -8.37. The Morgan fingerprint density at radius 1 is 0.968 bits per heavy atom. The summed E-state index contributed by atoms with van der Waals surface area (Å²) in [5, 5.41) is -0.732. The van der Waals surface area contributed by atoms with Crippen LogP contribution in [-0.2, 0) is 18.9 Å². The van der Waals surface area contributed by atoms with E-state index < -0.39 is 40.6 Å². The van der Waals surface area contributed by atoms with E-state index in [4.69, 9.17) is 16.3 Å². The summed E-state index contributed by atoms with van der Waals surface area (Å²) in [6, 6.07) is 7.68. The molecular weight excluding hydrogens is 450 g/mol. The zero-order chi connectivity index (χ0) is 23.0. The van der Waals surface area contributed by atoms with Gasteiger partial charge in [-0.3, -0.25) is 4.79 Å². The summed E-state index contributed by atoms with van der Waals surface area (Å²) in [7, 11) is 1.16. The van der Waals surface area contributed by atoms with Crippen LogP contribution in [-0.4, -0.2) is 16.7 Å². The molecule has 0 saturated heterocycles. The Kier molecular flexibility index (Phi) is 6.04. The van der Waals surface area contributed by atoms with Crippen LogP contribution in [0.15, 0.2) is 53.5 Å². The number of ether oxygens (including phenoxy) is 1. The lowest BCUT2D eigenvalue weighted by molar-refractivity contribution is -0.138. The molecule has 0 saturated carbocycles. The predicted octanol–water partition coefficient (Wildman–Crippen LogP) is 5.66. The summed E-state index contributed by atoms with van der Waals surface area (Å²) < 4.78 is 85.9. The van der Waals surface area contributed by atoms with Crippen molar-refractivity contribution in [3.05, 3.63) is 80.7 Å². The van der Waals surface area contributed by atoms with E-state index >= 15 is 0 Å². The van der Waals surface area contributed by atoms with Crippen LogP contribution in [0.1, 0.15) is 16.7 Å². The second-order valence-electron chi connectivity index (χ2n) is 6.39. The SMILES string of the molecule is COc1cn(Cc2ccccc2C(F)(F)F)c(-c2cccc(C(F)(F)F)c2Cl)nc1=O. The van der Waals surface area contributed by atoms with Crippen LogP contribution >= 0.6 is 11.6 Å². The maximum Gasteiger partial charge on any atom is 0.417 e. The van der Waals surface area contributed by atoms with Crippen molar-refractivity contribution in [3.8, 4) is 17.1 Å². The minimum absolute atomic E-state index is 0.188. The van der Waals surface area contributed by atoms with Crippen molar-refractivity contribution in [1.29, 1.82) is 0 Å². The third kappa shape index (κ3) is 4.68. The number of halogens is 7. The smallest absolute Gasteiger partial charge is 0.417 e. The van der Waals surface area contributed by atoms with E-state index in [1.807, 2.05) is 0 Å². The van der Waals surface area contributed by atoms with E-state index in [9.17, 15) is 31.1 Å². The van der Waals surface area contributed by atoms with Crippen LogP contribution in [0.4, 0.5) is 26.3 Å². The first-order valence-corrected chi connectivity index (χ1v) is 8.98. The lowest BCUT2D eigenvalue weighted by Gasteiger charge is -2.19. The molecule has 0 radical (unpaired) electrons. The van der Waals surface area contributed by atoms with Gasteiger partial charge in [-0.2, -0.15) is 31.3 Å². The first kappa shape index (κ1) is 22.7. The van der Waals surface area contributed by atoms with E-state index in [-0.39, 0.29) is 22.7 Å². The van der Waals surface area contributed by atoms with E-state index in [0.717, 1.165) is 36.1 Å². The van der Waals surface area contributed by atoms with Gasteiger partial charge >= 0.3 is 17.9 Å². The molecule has 1 heterocycles. The van der Waals surface area contributed by atoms with E-state index in [1.165, 1.54) is 24.3 Å². The van der Waals surface area contributed by atoms with Crippen LogP contribution in [0.3, 0.4) is 0 Å². The Hall–Kier alpha value is -3.01. The van der Waals surface area contributed by atoms with Gasteiger partial charge in [0.15, 0.2) is 0 Å². The largest absolute Gasteiger partial charge is 0.490 e. The highest BCUT2D eigenvalue weighted by molar-refractivity contribution is 6.34. The number of nitrogens with zero attached hydrogens (tertiary/aromatic N) is 2. The van der Waals surface area contributed by atoms with Crippen molar-refractivity contribution in [2.75, 3.05) is 7.11 Å². The van der Waals surface area contributed by atoms with E-state index in [1.54, 1.807) is 0 Å². The van der Waals surface area contributed by atoms with Gasteiger partial charge in [0.05, 0.1) is 29.5 Å². The molecule has 0 aliphatic carbocycles. The molecule has 164 valence electrons. The number of alkyl halides is 6. The Morgan fingerprint density at radius 3 is 2.19 bits per heavy atom. The van der Waals surface area contributed by atoms with Crippen molar-refractivity contribution in [2.24, 2.45) is 0 Å². The number of benzene rings is 2. The maximum atomic E-state index is 13.4. The summed E-state index contributed by atoms with van der Waals surface area (Å²) in [5.74, 6) is -0.629. The third-order valence-corrected chi connectivity index (χ3v) is 4.80. The summed E-state index contributed by atoms with van der Waals surface area (Å²) in [5.41, 5.74) is -3.47. The molecule has 0 spiro atoms. The van der Waals surface area contributed by atoms with E-state index in [0.29, 0.717) is 0 Å². The Bertz CT molecular complexity index is 1170. The summed E-state index contributed by atoms with van der Waals surface area (Å²) >= 11 is 5.95. The minimum Gasteiger partial charge on any atom is -0.490 e. The highest BCUT2D eigenvalue weighted by Crippen LogP contribution is 2.39. The minimum atomic E-state index is -4.78. The Morgan fingerprint density at radius 2 is 1.58 bits per heavy atom. The topological polar surface area (TPSA) is 44.1 Å². The number of hydrogen-bond donors (Lipinski definition) is 0. The van der Waals surface area contributed by atoms with Gasteiger partial charge in [-0.05, 0) is 23.8 Å². The zero-order valence-electron chi connectivity index (χ0n) is 15.7. The highest BCUT2D eigenvalue weighted by atomic mass is 35.5. The molecule has 0 fully saturated rings. The van der Waals surface area contributed by atoms with Crippen LogP contribution in [0.5, 0.6) is 5.75 Å². The molecular formula is C20H13ClF6N2O2. The first-order chi connectivity index (χ1) is 14.4. The molecule has 0 unspecified atom stereocenters. The normalized spacial score (nSPS) is 12.1. The van der Waals surface area contributed by atoms with Gasteiger partial charge in [-0.25, -0.2) is 0 Å². The van der Waals surface area contributed by atoms with Crippen molar-refractivity contribution in [3.63, 3.8) is 0 Å². The van der Waals surface area contributed by atoms with Crippen LogP contribution in [0.25, 0.3) is 11.4 Å². The Labute approximate surface area is 176 Å². The van der Waals surface area contributed by atoms with Crippen molar-refractivity contribution < 1.29 is 31.1 Å². The van der Waals surface area contributed by atoms with Gasteiger partial charge in [-0.1, -0.05) is 35.9 Å². The number of rotatable bonds is 4. The molecule has 0 N–H and O–H groups in total. The van der Waals surface area contributed by atoms with Crippen LogP contribution in [0.2, 0.25) is 5.02 Å². The molecule has 0 aliphatic heterocycles. The second kappa shape index (κ2) is 8.26. The molecule has 4 nitrogen and oxygen atoms in total. The number of aromatic nitrogens is 2. The molecule has 3 aromatic rings. The van der Waals surface area contributed by atoms with Gasteiger partial charge < -0.3 is 9.30 Å². The average molecular weight is 463 g/mol. The van der Waals surface area contributed by atoms with Crippen molar-refractivity contribution in [1.82, 2.24) is 9.55 Å². The lowest BCUT2D eigenvalue weighted by atomic mass is 10.1.